The van der Waals surface area contributed by atoms with Crippen molar-refractivity contribution in [1.29, 1.82) is 0 Å². The van der Waals surface area contributed by atoms with Gasteiger partial charge in [-0.1, -0.05) is 18.2 Å². The largest absolute Gasteiger partial charge is 0.494 e. The minimum atomic E-state index is -2.63. The van der Waals surface area contributed by atoms with Crippen LogP contribution in [0.1, 0.15) is 73.8 Å². The monoisotopic (exact) mass is 1010 g/mol. The normalized spacial score (nSPS) is 21.5. The van der Waals surface area contributed by atoms with Crippen molar-refractivity contribution in [2.45, 2.75) is 89.1 Å². The fourth-order valence-corrected chi connectivity index (χ4v) is 15.5. The molecule has 69 heavy (non-hydrogen) atoms. The molecule has 2 aromatic heterocycles. The SMILES string of the molecule is COc1cc(N2CCC(N3CCN(CCc4cccc5c4C4(CC4)C(=O)N5C4CCC(=O)NC4=O)CC3)CC2)c(C)cc1Nc1ncc(Br)c(Nc2ccc3nc(C)ccc3c2P2(=O)CCCC2)n1. The summed E-state index contributed by atoms with van der Waals surface area (Å²) in [6.45, 7) is 11.1. The standard InChI is InChI=1S/C52H60BrN10O5P/c1-32-29-40(57-51-54-31-37(53)48(59-51)56-39-12-11-38-36(10-9-33(2)55-38)47(39)69(67)27-4-5-28-69)44(68-3)30-43(32)62-21-16-35(17-22-62)61-25-23-60(24-26-61)20-15-34-7-6-8-41-46(34)52(18-19-52)50(66)63(41)42-13-14-45(64)58-49(42)65/h6-12,29-31,35,42H,4-5,13-28H2,1-3H3,(H,58,64,65)(H2,54,56,57,59). The molecule has 1 saturated carbocycles. The summed E-state index contributed by atoms with van der Waals surface area (Å²) in [5, 5.41) is 11.2. The molecule has 15 nitrogen and oxygen atoms in total. The number of rotatable bonds is 12. The molecule has 17 heteroatoms. The lowest BCUT2D eigenvalue weighted by Gasteiger charge is -2.43. The quantitative estimate of drug-likeness (QED) is 0.0824. The molecule has 3 amide bonds. The van der Waals surface area contributed by atoms with Crippen LogP contribution in [0.5, 0.6) is 5.75 Å². The van der Waals surface area contributed by atoms with E-state index < -0.39 is 18.6 Å². The van der Waals surface area contributed by atoms with E-state index in [4.69, 9.17) is 14.7 Å². The predicted molar refractivity (Wildman–Crippen MR) is 275 cm³/mol. The third-order valence-corrected chi connectivity index (χ3v) is 19.6. The number of carbonyl (C=O) groups is 3. The lowest BCUT2D eigenvalue weighted by Crippen LogP contribution is -2.54. The van der Waals surface area contributed by atoms with Gasteiger partial charge >= 0.3 is 0 Å². The fraction of sp³-hybridized carbons (Fsp3) is 0.462. The minimum absolute atomic E-state index is 0.0263. The molecule has 0 radical (unpaired) electrons. The van der Waals surface area contributed by atoms with Crippen LogP contribution in [0.3, 0.4) is 0 Å². The molecule has 1 spiro atoms. The minimum Gasteiger partial charge on any atom is -0.494 e. The zero-order valence-corrected chi connectivity index (χ0v) is 42.1. The maximum atomic E-state index is 14.4. The Morgan fingerprint density at radius 3 is 2.41 bits per heavy atom. The molecule has 360 valence electrons. The van der Waals surface area contributed by atoms with E-state index in [9.17, 15) is 18.9 Å². The molecule has 6 aliphatic rings. The molecular formula is C52H60BrN10O5P. The van der Waals surface area contributed by atoms with Gasteiger partial charge in [0.05, 0.1) is 33.9 Å². The molecule has 11 rings (SSSR count). The zero-order chi connectivity index (χ0) is 47.6. The highest BCUT2D eigenvalue weighted by Crippen LogP contribution is 2.59. The van der Waals surface area contributed by atoms with Crippen molar-refractivity contribution in [3.63, 3.8) is 0 Å². The number of amides is 3. The van der Waals surface area contributed by atoms with Gasteiger partial charge in [-0.05, 0) is 128 Å². The second-order valence-corrected chi connectivity index (χ2v) is 23.9. The summed E-state index contributed by atoms with van der Waals surface area (Å²) in [7, 11) is -0.940. The van der Waals surface area contributed by atoms with Gasteiger partial charge in [0.15, 0.2) is 0 Å². The van der Waals surface area contributed by atoms with Gasteiger partial charge in [0.25, 0.3) is 0 Å². The second-order valence-electron chi connectivity index (χ2n) is 19.9. The first kappa shape index (κ1) is 46.0. The lowest BCUT2D eigenvalue weighted by molar-refractivity contribution is -0.135. The van der Waals surface area contributed by atoms with Crippen LogP contribution in [-0.4, -0.2) is 120 Å². The maximum absolute atomic E-state index is 14.4. The summed E-state index contributed by atoms with van der Waals surface area (Å²) < 4.78 is 21.1. The first-order valence-electron chi connectivity index (χ1n) is 24.7. The van der Waals surface area contributed by atoms with Crippen LogP contribution in [0.25, 0.3) is 10.9 Å². The Hall–Kier alpha value is -5.41. The number of piperidine rings is 2. The van der Waals surface area contributed by atoms with Crippen molar-refractivity contribution >= 4 is 91.5 Å². The number of anilines is 6. The highest BCUT2D eigenvalue weighted by Gasteiger charge is 2.62. The number of hydrogen-bond donors (Lipinski definition) is 3. The number of ether oxygens (including phenoxy) is 1. The van der Waals surface area contributed by atoms with E-state index in [1.807, 2.05) is 37.3 Å². The Balaban J connectivity index is 0.708. The number of pyridine rings is 1. The van der Waals surface area contributed by atoms with Crippen LogP contribution in [0, 0.1) is 13.8 Å². The number of carbonyl (C=O) groups excluding carboxylic acids is 3. The van der Waals surface area contributed by atoms with Crippen LogP contribution in [0.15, 0.2) is 65.3 Å². The van der Waals surface area contributed by atoms with Crippen LogP contribution in [-0.2, 0) is 30.8 Å². The van der Waals surface area contributed by atoms with Crippen LogP contribution in [0.2, 0.25) is 0 Å². The van der Waals surface area contributed by atoms with Gasteiger partial charge in [-0.2, -0.15) is 4.98 Å². The van der Waals surface area contributed by atoms with E-state index in [1.165, 1.54) is 5.56 Å². The van der Waals surface area contributed by atoms with Crippen molar-refractivity contribution in [3.8, 4) is 5.75 Å². The van der Waals surface area contributed by atoms with Gasteiger partial charge in [-0.25, -0.2) is 4.98 Å². The number of aromatic nitrogens is 3. The zero-order valence-electron chi connectivity index (χ0n) is 39.7. The van der Waals surface area contributed by atoms with Crippen LogP contribution >= 0.6 is 23.1 Å². The number of methoxy groups -OCH3 is 1. The lowest BCUT2D eigenvalue weighted by atomic mass is 9.91. The molecule has 4 saturated heterocycles. The van der Waals surface area contributed by atoms with Crippen molar-refractivity contribution in [1.82, 2.24) is 30.1 Å². The van der Waals surface area contributed by atoms with Gasteiger partial charge in [-0.15, -0.1) is 0 Å². The summed E-state index contributed by atoms with van der Waals surface area (Å²) in [6.07, 6.45) is 10.3. The molecule has 7 heterocycles. The number of nitrogens with zero attached hydrogens (tertiary/aromatic N) is 7. The smallest absolute Gasteiger partial charge is 0.249 e. The summed E-state index contributed by atoms with van der Waals surface area (Å²) in [4.78, 5) is 62.4. The van der Waals surface area contributed by atoms with E-state index in [0.717, 1.165) is 147 Å². The average molecular weight is 1020 g/mol. The maximum Gasteiger partial charge on any atom is 0.249 e. The fourth-order valence-electron chi connectivity index (χ4n) is 11.9. The summed E-state index contributed by atoms with van der Waals surface area (Å²) >= 11 is 3.66. The highest BCUT2D eigenvalue weighted by molar-refractivity contribution is 9.10. The molecule has 5 fully saturated rings. The molecule has 1 aliphatic carbocycles. The number of nitrogens with one attached hydrogen (secondary N) is 3. The van der Waals surface area contributed by atoms with Crippen LogP contribution in [0.4, 0.5) is 34.5 Å². The molecule has 5 aromatic rings. The first-order valence-corrected chi connectivity index (χ1v) is 27.5. The van der Waals surface area contributed by atoms with E-state index >= 15 is 0 Å². The molecule has 1 unspecified atom stereocenters. The number of halogens is 1. The van der Waals surface area contributed by atoms with Crippen molar-refractivity contribution in [2.24, 2.45) is 0 Å². The van der Waals surface area contributed by atoms with Gasteiger partial charge in [0.1, 0.15) is 24.8 Å². The number of benzene rings is 3. The Morgan fingerprint density at radius 2 is 1.67 bits per heavy atom. The van der Waals surface area contributed by atoms with Crippen LogP contribution < -0.4 is 35.8 Å². The van der Waals surface area contributed by atoms with E-state index in [0.29, 0.717) is 46.8 Å². The van der Waals surface area contributed by atoms with Crippen molar-refractivity contribution in [2.75, 3.05) is 85.7 Å². The predicted octanol–water partition coefficient (Wildman–Crippen LogP) is 7.69. The van der Waals surface area contributed by atoms with E-state index in [2.05, 4.69) is 82.8 Å². The Labute approximate surface area is 411 Å². The van der Waals surface area contributed by atoms with E-state index in [1.54, 1.807) is 18.2 Å². The summed E-state index contributed by atoms with van der Waals surface area (Å²) in [5.41, 5.74) is 8.31. The second kappa shape index (κ2) is 18.4. The highest BCUT2D eigenvalue weighted by atomic mass is 79.9. The van der Waals surface area contributed by atoms with Crippen molar-refractivity contribution < 1.29 is 23.7 Å². The number of aryl methyl sites for hydroxylation is 2. The Bertz CT molecular complexity index is 2920. The molecule has 5 aliphatic heterocycles. The molecule has 1 atom stereocenters. The number of imide groups is 1. The van der Waals surface area contributed by atoms with Gasteiger partial charge in [-0.3, -0.25) is 34.5 Å². The number of fused-ring (bicyclic) bond motifs is 3. The third-order valence-electron chi connectivity index (χ3n) is 15.6. The summed E-state index contributed by atoms with van der Waals surface area (Å²) in [5.74, 6) is 1.07. The van der Waals surface area contributed by atoms with Crippen molar-refractivity contribution in [3.05, 3.63) is 87.7 Å². The number of piperazine rings is 1. The van der Waals surface area contributed by atoms with Gasteiger partial charge in [0.2, 0.25) is 23.7 Å². The molecule has 3 aromatic carbocycles. The Morgan fingerprint density at radius 1 is 0.884 bits per heavy atom. The van der Waals surface area contributed by atoms with Gasteiger partial charge in [0, 0.05) is 111 Å². The average Bonchev–Trinajstić information content (AvgIpc) is 3.97. The Kier molecular flexibility index (Phi) is 12.3. The molecular weight excluding hydrogens is 956 g/mol. The first-order chi connectivity index (χ1) is 33.4. The topological polar surface area (TPSA) is 165 Å². The van der Waals surface area contributed by atoms with E-state index in [-0.39, 0.29) is 24.1 Å². The molecule has 3 N–H and O–H groups in total. The third kappa shape index (κ3) is 8.59. The molecule has 0 bridgehead atoms. The summed E-state index contributed by atoms with van der Waals surface area (Å²) in [6, 6.07) is 18.3. The number of hydrogen-bond acceptors (Lipinski definition) is 13. The van der Waals surface area contributed by atoms with Gasteiger partial charge < -0.3 is 29.7 Å².